The summed E-state index contributed by atoms with van der Waals surface area (Å²) in [5.41, 5.74) is 1.76. The van der Waals surface area contributed by atoms with Crippen molar-refractivity contribution in [1.29, 1.82) is 0 Å². The van der Waals surface area contributed by atoms with Crippen LogP contribution in [0.1, 0.15) is 30.1 Å². The van der Waals surface area contributed by atoms with Gasteiger partial charge in [-0.1, -0.05) is 0 Å². The topological polar surface area (TPSA) is 65.2 Å². The highest BCUT2D eigenvalue weighted by molar-refractivity contribution is 5.98. The maximum atomic E-state index is 12.5. The number of carbonyl (C=O) groups excluding carboxylic acids is 2. The molecule has 1 aromatic heterocycles. The molecule has 0 unspecified atom stereocenters. The number of amides is 2. The molecule has 1 aliphatic heterocycles. The van der Waals surface area contributed by atoms with Crippen molar-refractivity contribution < 1.29 is 9.59 Å². The van der Waals surface area contributed by atoms with Gasteiger partial charge < -0.3 is 15.2 Å². The fourth-order valence-electron chi connectivity index (χ4n) is 2.88. The Labute approximate surface area is 123 Å². The van der Waals surface area contributed by atoms with E-state index in [1.54, 1.807) is 0 Å². The Morgan fingerprint density at radius 3 is 2.71 bits per heavy atom. The summed E-state index contributed by atoms with van der Waals surface area (Å²) >= 11 is 0. The molecule has 21 heavy (non-hydrogen) atoms. The molecule has 5 nitrogen and oxygen atoms in total. The molecule has 1 aromatic carbocycles. The lowest BCUT2D eigenvalue weighted by Crippen LogP contribution is -2.46. The van der Waals surface area contributed by atoms with Crippen LogP contribution in [0.4, 0.5) is 0 Å². The fourth-order valence-corrected chi connectivity index (χ4v) is 2.88. The zero-order chi connectivity index (χ0) is 14.8. The monoisotopic (exact) mass is 285 g/mol. The summed E-state index contributed by atoms with van der Waals surface area (Å²) in [6.07, 6.45) is 3.51. The first-order valence-electron chi connectivity index (χ1n) is 7.27. The first-order valence-corrected chi connectivity index (χ1v) is 7.27. The first-order chi connectivity index (χ1) is 10.1. The minimum atomic E-state index is -0.00214. The van der Waals surface area contributed by atoms with Crippen LogP contribution >= 0.6 is 0 Å². The number of rotatable bonds is 2. The highest BCUT2D eigenvalue weighted by atomic mass is 16.2. The van der Waals surface area contributed by atoms with Gasteiger partial charge in [-0.15, -0.1) is 0 Å². The van der Waals surface area contributed by atoms with E-state index in [1.807, 2.05) is 35.4 Å². The lowest BCUT2D eigenvalue weighted by atomic mass is 10.0. The number of hydrogen-bond donors (Lipinski definition) is 2. The Morgan fingerprint density at radius 2 is 2.00 bits per heavy atom. The average molecular weight is 285 g/mol. The maximum absolute atomic E-state index is 12.5. The predicted octanol–water partition coefficient (Wildman–Crippen LogP) is 1.91. The number of likely N-dealkylation sites (tertiary alicyclic amines) is 1. The van der Waals surface area contributed by atoms with Gasteiger partial charge in [-0.25, -0.2) is 0 Å². The van der Waals surface area contributed by atoms with Crippen molar-refractivity contribution in [2.24, 2.45) is 0 Å². The Morgan fingerprint density at radius 1 is 1.24 bits per heavy atom. The molecule has 0 saturated carbocycles. The second-order valence-corrected chi connectivity index (χ2v) is 5.55. The number of benzene rings is 1. The Bertz CT molecular complexity index is 669. The number of aromatic amines is 1. The van der Waals surface area contributed by atoms with E-state index in [9.17, 15) is 9.59 Å². The van der Waals surface area contributed by atoms with Gasteiger partial charge in [0.25, 0.3) is 5.91 Å². The van der Waals surface area contributed by atoms with Gasteiger partial charge in [-0.3, -0.25) is 9.59 Å². The molecular weight excluding hydrogens is 266 g/mol. The first kappa shape index (κ1) is 13.7. The van der Waals surface area contributed by atoms with Crippen molar-refractivity contribution in [2.75, 3.05) is 13.1 Å². The predicted molar refractivity (Wildman–Crippen MR) is 81.0 cm³/mol. The van der Waals surface area contributed by atoms with E-state index >= 15 is 0 Å². The van der Waals surface area contributed by atoms with Crippen LogP contribution in [-0.2, 0) is 4.79 Å². The zero-order valence-electron chi connectivity index (χ0n) is 12.1. The minimum Gasteiger partial charge on any atom is -0.361 e. The molecule has 3 rings (SSSR count). The van der Waals surface area contributed by atoms with Crippen molar-refractivity contribution in [3.63, 3.8) is 0 Å². The van der Waals surface area contributed by atoms with Gasteiger partial charge >= 0.3 is 0 Å². The van der Waals surface area contributed by atoms with E-state index in [2.05, 4.69) is 10.3 Å². The lowest BCUT2D eigenvalue weighted by molar-refractivity contribution is -0.119. The highest BCUT2D eigenvalue weighted by Gasteiger charge is 2.24. The molecule has 2 N–H and O–H groups in total. The second kappa shape index (κ2) is 5.60. The molecule has 0 radical (unpaired) electrons. The van der Waals surface area contributed by atoms with Crippen LogP contribution in [0.15, 0.2) is 30.5 Å². The van der Waals surface area contributed by atoms with E-state index in [-0.39, 0.29) is 17.9 Å². The molecule has 2 aromatic rings. The maximum Gasteiger partial charge on any atom is 0.253 e. The molecule has 0 bridgehead atoms. The summed E-state index contributed by atoms with van der Waals surface area (Å²) in [4.78, 5) is 28.6. The molecule has 0 atom stereocenters. The molecule has 0 spiro atoms. The van der Waals surface area contributed by atoms with Crippen molar-refractivity contribution in [3.8, 4) is 0 Å². The van der Waals surface area contributed by atoms with Crippen LogP contribution in [0.5, 0.6) is 0 Å². The summed E-state index contributed by atoms with van der Waals surface area (Å²) < 4.78 is 0. The van der Waals surface area contributed by atoms with E-state index in [0.717, 1.165) is 29.3 Å². The van der Waals surface area contributed by atoms with E-state index in [1.165, 1.54) is 6.92 Å². The minimum absolute atomic E-state index is 0.00214. The van der Waals surface area contributed by atoms with Gasteiger partial charge in [0, 0.05) is 48.7 Å². The van der Waals surface area contributed by atoms with Crippen molar-refractivity contribution >= 4 is 22.7 Å². The van der Waals surface area contributed by atoms with E-state index in [0.29, 0.717) is 13.1 Å². The SMILES string of the molecule is CC(=O)NC1CCN(C(=O)c2ccc3[nH]ccc3c2)CC1. The Hall–Kier alpha value is -2.30. The Balaban J connectivity index is 1.67. The number of nitrogens with one attached hydrogen (secondary N) is 2. The van der Waals surface area contributed by atoms with Crippen LogP contribution < -0.4 is 5.32 Å². The van der Waals surface area contributed by atoms with E-state index < -0.39 is 0 Å². The third kappa shape index (κ3) is 2.91. The number of fused-ring (bicyclic) bond motifs is 1. The van der Waals surface area contributed by atoms with Crippen molar-refractivity contribution in [1.82, 2.24) is 15.2 Å². The van der Waals surface area contributed by atoms with Gasteiger partial charge in [-0.05, 0) is 37.1 Å². The van der Waals surface area contributed by atoms with Crippen LogP contribution in [0.25, 0.3) is 10.9 Å². The number of hydrogen-bond acceptors (Lipinski definition) is 2. The summed E-state index contributed by atoms with van der Waals surface area (Å²) in [6, 6.07) is 7.88. The average Bonchev–Trinajstić information content (AvgIpc) is 2.94. The molecule has 1 fully saturated rings. The molecule has 1 aliphatic rings. The fraction of sp³-hybridized carbons (Fsp3) is 0.375. The van der Waals surface area contributed by atoms with Crippen molar-refractivity contribution in [2.45, 2.75) is 25.8 Å². The molecule has 1 saturated heterocycles. The summed E-state index contributed by atoms with van der Waals surface area (Å²) in [6.45, 7) is 2.91. The molecule has 110 valence electrons. The van der Waals surface area contributed by atoms with Gasteiger partial charge in [-0.2, -0.15) is 0 Å². The molecule has 0 aliphatic carbocycles. The number of H-pyrrole nitrogens is 1. The number of aromatic nitrogens is 1. The third-order valence-corrected chi connectivity index (χ3v) is 3.99. The van der Waals surface area contributed by atoms with Crippen LogP contribution in [0.2, 0.25) is 0 Å². The number of carbonyl (C=O) groups is 2. The molecule has 5 heteroatoms. The second-order valence-electron chi connectivity index (χ2n) is 5.55. The van der Waals surface area contributed by atoms with Gasteiger partial charge in [0.15, 0.2) is 0 Å². The molecular formula is C16H19N3O2. The number of piperidine rings is 1. The summed E-state index contributed by atoms with van der Waals surface area (Å²) in [5.74, 6) is 0.0667. The lowest BCUT2D eigenvalue weighted by Gasteiger charge is -2.32. The van der Waals surface area contributed by atoms with Crippen molar-refractivity contribution in [3.05, 3.63) is 36.0 Å². The van der Waals surface area contributed by atoms with Crippen LogP contribution in [0, 0.1) is 0 Å². The standard InChI is InChI=1S/C16H19N3O2/c1-11(20)18-14-5-8-19(9-6-14)16(21)13-2-3-15-12(10-13)4-7-17-15/h2-4,7,10,14,17H,5-6,8-9H2,1H3,(H,18,20). The van der Waals surface area contributed by atoms with E-state index in [4.69, 9.17) is 0 Å². The molecule has 2 amide bonds. The quantitative estimate of drug-likeness (QED) is 0.885. The van der Waals surface area contributed by atoms with Gasteiger partial charge in [0.05, 0.1) is 0 Å². The van der Waals surface area contributed by atoms with Gasteiger partial charge in [0.2, 0.25) is 5.91 Å². The van der Waals surface area contributed by atoms with Gasteiger partial charge in [0.1, 0.15) is 0 Å². The van der Waals surface area contributed by atoms with Crippen LogP contribution in [-0.4, -0.2) is 40.8 Å². The summed E-state index contributed by atoms with van der Waals surface area (Å²) in [7, 11) is 0. The summed E-state index contributed by atoms with van der Waals surface area (Å²) in [5, 5.41) is 3.97. The third-order valence-electron chi connectivity index (χ3n) is 3.99. The molecule has 2 heterocycles. The van der Waals surface area contributed by atoms with Crippen LogP contribution in [0.3, 0.4) is 0 Å². The zero-order valence-corrected chi connectivity index (χ0v) is 12.1. The number of nitrogens with zero attached hydrogens (tertiary/aromatic N) is 1. The largest absolute Gasteiger partial charge is 0.361 e. The smallest absolute Gasteiger partial charge is 0.253 e. The Kier molecular flexibility index (Phi) is 3.64. The normalized spacial score (nSPS) is 16.1. The highest BCUT2D eigenvalue weighted by Crippen LogP contribution is 2.18.